The molecule has 1 aromatic heterocycles. The number of aliphatic hydroxyl groups is 1. The molecule has 22 heavy (non-hydrogen) atoms. The lowest BCUT2D eigenvalue weighted by Crippen LogP contribution is -2.12. The molecule has 2 aromatic rings. The zero-order valence-corrected chi connectivity index (χ0v) is 12.8. The predicted octanol–water partition coefficient (Wildman–Crippen LogP) is 3.01. The van der Waals surface area contributed by atoms with Gasteiger partial charge in [-0.05, 0) is 17.7 Å². The third kappa shape index (κ3) is 3.70. The van der Waals surface area contributed by atoms with Gasteiger partial charge in [-0.3, -0.25) is 0 Å². The number of anilines is 1. The van der Waals surface area contributed by atoms with E-state index in [-0.39, 0.29) is 22.1 Å². The monoisotopic (exact) mass is 348 g/mol. The highest BCUT2D eigenvalue weighted by atomic mass is 35.5. The van der Waals surface area contributed by atoms with E-state index in [1.165, 1.54) is 13.2 Å². The van der Waals surface area contributed by atoms with E-state index in [0.29, 0.717) is 5.13 Å². The molecule has 5 nitrogen and oxygen atoms in total. The summed E-state index contributed by atoms with van der Waals surface area (Å²) in [5.74, 6) is -2.64. The van der Waals surface area contributed by atoms with Crippen LogP contribution in [0.1, 0.15) is 21.3 Å². The number of thiazole rings is 1. The van der Waals surface area contributed by atoms with Gasteiger partial charge in [0.1, 0.15) is 0 Å². The third-order valence-corrected chi connectivity index (χ3v) is 4.11. The Morgan fingerprint density at radius 3 is 2.86 bits per heavy atom. The molecule has 1 unspecified atom stereocenters. The Morgan fingerprint density at radius 1 is 1.50 bits per heavy atom. The van der Waals surface area contributed by atoms with Crippen LogP contribution in [0, 0.1) is 11.6 Å². The Morgan fingerprint density at radius 2 is 2.23 bits per heavy atom. The van der Waals surface area contributed by atoms with Gasteiger partial charge >= 0.3 is 5.97 Å². The lowest BCUT2D eigenvalue weighted by atomic mass is 10.1. The summed E-state index contributed by atoms with van der Waals surface area (Å²) in [7, 11) is 1.22. The zero-order chi connectivity index (χ0) is 16.3. The van der Waals surface area contributed by atoms with Crippen molar-refractivity contribution in [1.82, 2.24) is 4.98 Å². The summed E-state index contributed by atoms with van der Waals surface area (Å²) in [5, 5.41) is 13.0. The van der Waals surface area contributed by atoms with Crippen molar-refractivity contribution in [2.24, 2.45) is 0 Å². The fourth-order valence-electron chi connectivity index (χ4n) is 1.62. The summed E-state index contributed by atoms with van der Waals surface area (Å²) in [6, 6.07) is 3.12. The van der Waals surface area contributed by atoms with E-state index in [1.54, 1.807) is 0 Å². The van der Waals surface area contributed by atoms with Crippen molar-refractivity contribution in [1.29, 1.82) is 0 Å². The molecule has 0 spiro atoms. The fourth-order valence-corrected chi connectivity index (χ4v) is 2.73. The van der Waals surface area contributed by atoms with Crippen LogP contribution in [-0.2, 0) is 4.74 Å². The quantitative estimate of drug-likeness (QED) is 0.813. The Labute approximate surface area is 133 Å². The van der Waals surface area contributed by atoms with E-state index < -0.39 is 23.7 Å². The van der Waals surface area contributed by atoms with Gasteiger partial charge in [-0.15, -0.1) is 0 Å². The van der Waals surface area contributed by atoms with E-state index in [1.807, 2.05) is 0 Å². The molecule has 0 saturated carbocycles. The number of methoxy groups -OCH3 is 1. The maximum atomic E-state index is 13.1. The predicted molar refractivity (Wildman–Crippen MR) is 78.3 cm³/mol. The topological polar surface area (TPSA) is 71.5 Å². The Bertz CT molecular complexity index is 696. The van der Waals surface area contributed by atoms with Gasteiger partial charge in [-0.2, -0.15) is 0 Å². The van der Waals surface area contributed by atoms with Crippen LogP contribution in [0.25, 0.3) is 0 Å². The second kappa shape index (κ2) is 6.99. The van der Waals surface area contributed by atoms with Crippen molar-refractivity contribution < 1.29 is 23.4 Å². The Kier molecular flexibility index (Phi) is 5.28. The molecule has 0 aliphatic heterocycles. The molecule has 0 bridgehead atoms. The van der Waals surface area contributed by atoms with Crippen LogP contribution in [0.3, 0.4) is 0 Å². The number of benzene rings is 1. The molecule has 0 aliphatic carbocycles. The minimum absolute atomic E-state index is 0.0123. The maximum Gasteiger partial charge on any atom is 0.351 e. The average molecular weight is 349 g/mol. The van der Waals surface area contributed by atoms with Crippen LogP contribution >= 0.6 is 22.9 Å². The molecule has 1 atom stereocenters. The number of ether oxygens (including phenoxy) is 1. The number of rotatable bonds is 5. The fraction of sp³-hybridized carbons (Fsp3) is 0.231. The number of hydrogen-bond donors (Lipinski definition) is 2. The number of hydrogen-bond acceptors (Lipinski definition) is 6. The summed E-state index contributed by atoms with van der Waals surface area (Å²) in [4.78, 5) is 15.4. The van der Waals surface area contributed by atoms with Gasteiger partial charge in [0.15, 0.2) is 26.8 Å². The smallest absolute Gasteiger partial charge is 0.351 e. The number of esters is 1. The third-order valence-electron chi connectivity index (χ3n) is 2.73. The van der Waals surface area contributed by atoms with E-state index in [0.717, 1.165) is 23.5 Å². The summed E-state index contributed by atoms with van der Waals surface area (Å²) in [5.41, 5.74) is 0.210. The molecule has 9 heteroatoms. The average Bonchev–Trinajstić information content (AvgIpc) is 2.87. The minimum atomic E-state index is -1.08. The lowest BCUT2D eigenvalue weighted by Gasteiger charge is -2.11. The van der Waals surface area contributed by atoms with Crippen LogP contribution in [0.2, 0.25) is 5.15 Å². The molecule has 1 aromatic carbocycles. The van der Waals surface area contributed by atoms with Crippen molar-refractivity contribution in [3.63, 3.8) is 0 Å². The van der Waals surface area contributed by atoms with Gasteiger partial charge in [0, 0.05) is 6.54 Å². The lowest BCUT2D eigenvalue weighted by molar-refractivity contribution is 0.0606. The van der Waals surface area contributed by atoms with Crippen LogP contribution in [0.4, 0.5) is 13.9 Å². The van der Waals surface area contributed by atoms with E-state index >= 15 is 0 Å². The highest BCUT2D eigenvalue weighted by molar-refractivity contribution is 7.18. The van der Waals surface area contributed by atoms with Gasteiger partial charge in [0.25, 0.3) is 0 Å². The molecule has 2 N–H and O–H groups in total. The Hall–Kier alpha value is -1.77. The SMILES string of the molecule is COC(=O)c1sc(NCC(O)c2ccc(F)c(F)c2)nc1Cl. The number of halogens is 3. The highest BCUT2D eigenvalue weighted by Crippen LogP contribution is 2.28. The van der Waals surface area contributed by atoms with Gasteiger partial charge in [-0.25, -0.2) is 18.6 Å². The van der Waals surface area contributed by atoms with Crippen LogP contribution in [0.15, 0.2) is 18.2 Å². The largest absolute Gasteiger partial charge is 0.465 e. The number of aromatic nitrogens is 1. The molecule has 2 rings (SSSR count). The molecule has 0 aliphatic rings. The summed E-state index contributed by atoms with van der Waals surface area (Å²) >= 11 is 6.75. The molecule has 118 valence electrons. The van der Waals surface area contributed by atoms with Gasteiger partial charge in [0.2, 0.25) is 0 Å². The van der Waals surface area contributed by atoms with Gasteiger partial charge in [-0.1, -0.05) is 29.0 Å². The van der Waals surface area contributed by atoms with Crippen molar-refractivity contribution in [3.05, 3.63) is 45.4 Å². The first-order chi connectivity index (χ1) is 10.4. The van der Waals surface area contributed by atoms with Crippen molar-refractivity contribution in [2.45, 2.75) is 6.10 Å². The summed E-state index contributed by atoms with van der Waals surface area (Å²) in [6.45, 7) is -0.0183. The summed E-state index contributed by atoms with van der Waals surface area (Å²) < 4.78 is 30.5. The van der Waals surface area contributed by atoms with E-state index in [2.05, 4.69) is 15.0 Å². The number of nitrogens with zero attached hydrogens (tertiary/aromatic N) is 1. The van der Waals surface area contributed by atoms with E-state index in [9.17, 15) is 18.7 Å². The number of aliphatic hydroxyl groups excluding tert-OH is 1. The van der Waals surface area contributed by atoms with Crippen LogP contribution in [0.5, 0.6) is 0 Å². The van der Waals surface area contributed by atoms with Gasteiger partial charge in [0.05, 0.1) is 13.2 Å². The first-order valence-electron chi connectivity index (χ1n) is 6.04. The van der Waals surface area contributed by atoms with Crippen LogP contribution < -0.4 is 5.32 Å². The second-order valence-electron chi connectivity index (χ2n) is 4.20. The number of carbonyl (C=O) groups is 1. The van der Waals surface area contributed by atoms with E-state index in [4.69, 9.17) is 11.6 Å². The molecule has 1 heterocycles. The van der Waals surface area contributed by atoms with Crippen LogP contribution in [-0.4, -0.2) is 29.7 Å². The van der Waals surface area contributed by atoms with Crippen molar-refractivity contribution in [3.8, 4) is 0 Å². The number of carbonyl (C=O) groups excluding carboxylic acids is 1. The molecular weight excluding hydrogens is 338 g/mol. The standard InChI is InChI=1S/C13H11ClF2N2O3S/c1-21-12(20)10-11(14)18-13(22-10)17-5-9(19)6-2-3-7(15)8(16)4-6/h2-4,9,19H,5H2,1H3,(H,17,18). The number of nitrogens with one attached hydrogen (secondary N) is 1. The Balaban J connectivity index is 2.03. The highest BCUT2D eigenvalue weighted by Gasteiger charge is 2.18. The minimum Gasteiger partial charge on any atom is -0.465 e. The second-order valence-corrected chi connectivity index (χ2v) is 5.56. The normalized spacial score (nSPS) is 12.0. The maximum absolute atomic E-state index is 13.1. The van der Waals surface area contributed by atoms with Crippen molar-refractivity contribution >= 4 is 34.0 Å². The molecule has 0 radical (unpaired) electrons. The zero-order valence-electron chi connectivity index (χ0n) is 11.3. The van der Waals surface area contributed by atoms with Gasteiger partial charge < -0.3 is 15.2 Å². The first kappa shape index (κ1) is 16.6. The molecule has 0 saturated heterocycles. The first-order valence-corrected chi connectivity index (χ1v) is 7.23. The molecular formula is C13H11ClF2N2O3S. The molecule has 0 amide bonds. The summed E-state index contributed by atoms with van der Waals surface area (Å²) in [6.07, 6.45) is -1.08. The van der Waals surface area contributed by atoms with Crippen molar-refractivity contribution in [2.75, 3.05) is 19.0 Å². The molecule has 0 fully saturated rings.